The Bertz CT molecular complexity index is 583. The first-order valence-corrected chi connectivity index (χ1v) is 9.92. The molecule has 0 aliphatic heterocycles. The van der Waals surface area contributed by atoms with Gasteiger partial charge in [-0.25, -0.2) is 0 Å². The molecule has 0 saturated heterocycles. The van der Waals surface area contributed by atoms with Crippen molar-refractivity contribution in [2.24, 2.45) is 5.16 Å². The first-order valence-electron chi connectivity index (χ1n) is 7.01. The lowest BCUT2D eigenvalue weighted by Gasteiger charge is -2.33. The van der Waals surface area contributed by atoms with Crippen LogP contribution >= 0.6 is 0 Å². The van der Waals surface area contributed by atoms with Gasteiger partial charge in [-0.2, -0.15) is 0 Å². The SMILES string of the molecule is Cc1ccc2c(c1)C(=O)/C(=N/O[Si](C)(C)C(C)(C)C)C2. The smallest absolute Gasteiger partial charge is 0.286 e. The topological polar surface area (TPSA) is 38.7 Å². The zero-order valence-electron chi connectivity index (χ0n) is 13.2. The third kappa shape index (κ3) is 2.70. The number of fused-ring (bicyclic) bond motifs is 1. The number of rotatable bonds is 2. The fourth-order valence-corrected chi connectivity index (χ4v) is 2.46. The van der Waals surface area contributed by atoms with Crippen LogP contribution in [0.5, 0.6) is 0 Å². The van der Waals surface area contributed by atoms with Crippen LogP contribution in [-0.2, 0) is 10.9 Å². The molecule has 0 aromatic heterocycles. The van der Waals surface area contributed by atoms with E-state index in [9.17, 15) is 4.79 Å². The molecule has 1 aliphatic carbocycles. The third-order valence-electron chi connectivity index (χ3n) is 4.32. The van der Waals surface area contributed by atoms with Crippen molar-refractivity contribution in [1.29, 1.82) is 0 Å². The minimum Gasteiger partial charge on any atom is -0.454 e. The highest BCUT2D eigenvalue weighted by Crippen LogP contribution is 2.37. The van der Waals surface area contributed by atoms with Gasteiger partial charge in [-0.3, -0.25) is 4.79 Å². The van der Waals surface area contributed by atoms with Crippen LogP contribution in [0.1, 0.15) is 42.3 Å². The summed E-state index contributed by atoms with van der Waals surface area (Å²) < 4.78 is 5.82. The van der Waals surface area contributed by atoms with Gasteiger partial charge in [0.2, 0.25) is 5.78 Å². The number of ketones is 1. The maximum absolute atomic E-state index is 12.3. The van der Waals surface area contributed by atoms with Crippen LogP contribution in [-0.4, -0.2) is 19.8 Å². The van der Waals surface area contributed by atoms with Crippen molar-refractivity contribution in [1.82, 2.24) is 0 Å². The zero-order valence-corrected chi connectivity index (χ0v) is 14.2. The Morgan fingerprint density at radius 2 is 1.90 bits per heavy atom. The van der Waals surface area contributed by atoms with Gasteiger partial charge in [-0.15, -0.1) is 5.16 Å². The van der Waals surface area contributed by atoms with E-state index in [4.69, 9.17) is 4.53 Å². The molecular weight excluding hydrogens is 266 g/mol. The van der Waals surface area contributed by atoms with Crippen molar-refractivity contribution >= 4 is 19.8 Å². The predicted molar refractivity (Wildman–Crippen MR) is 84.9 cm³/mol. The number of hydrogen-bond acceptors (Lipinski definition) is 3. The van der Waals surface area contributed by atoms with Crippen LogP contribution < -0.4 is 0 Å². The standard InChI is InChI=1S/C16H23NO2Si/c1-11-7-8-12-10-14(15(18)13(12)9-11)17-19-20(5,6)16(2,3)4/h7-9H,10H2,1-6H3/b17-14+. The average Bonchev–Trinajstić information content (AvgIpc) is 2.63. The number of benzene rings is 1. The van der Waals surface area contributed by atoms with Crippen LogP contribution in [0.4, 0.5) is 0 Å². The number of Topliss-reactive ketones (excluding diaryl/α,β-unsaturated/α-hetero) is 1. The molecule has 0 spiro atoms. The van der Waals surface area contributed by atoms with Crippen LogP contribution in [0.25, 0.3) is 0 Å². The van der Waals surface area contributed by atoms with Gasteiger partial charge in [0.1, 0.15) is 5.71 Å². The molecule has 0 heterocycles. The molecule has 0 saturated carbocycles. The van der Waals surface area contributed by atoms with Crippen LogP contribution in [0, 0.1) is 6.92 Å². The predicted octanol–water partition coefficient (Wildman–Crippen LogP) is 4.11. The van der Waals surface area contributed by atoms with Crippen LogP contribution in [0.2, 0.25) is 18.1 Å². The van der Waals surface area contributed by atoms with E-state index in [2.05, 4.69) is 39.0 Å². The van der Waals surface area contributed by atoms with Crippen molar-refractivity contribution in [3.63, 3.8) is 0 Å². The van der Waals surface area contributed by atoms with Crippen molar-refractivity contribution in [3.05, 3.63) is 34.9 Å². The Morgan fingerprint density at radius 1 is 1.25 bits per heavy atom. The minimum absolute atomic E-state index is 0.0161. The molecule has 2 rings (SSSR count). The molecule has 4 heteroatoms. The largest absolute Gasteiger partial charge is 0.454 e. The lowest BCUT2D eigenvalue weighted by molar-refractivity contribution is 0.106. The third-order valence-corrected chi connectivity index (χ3v) is 8.48. The van der Waals surface area contributed by atoms with E-state index < -0.39 is 8.32 Å². The summed E-state index contributed by atoms with van der Waals surface area (Å²) in [5, 5.41) is 4.30. The molecule has 0 N–H and O–H groups in total. The zero-order chi connectivity index (χ0) is 15.1. The fourth-order valence-electron chi connectivity index (χ4n) is 1.85. The Labute approximate surface area is 122 Å². The highest BCUT2D eigenvalue weighted by atomic mass is 28.4. The molecule has 1 aliphatic rings. The monoisotopic (exact) mass is 289 g/mol. The number of carbonyl (C=O) groups excluding carboxylic acids is 1. The van der Waals surface area contributed by atoms with Crippen molar-refractivity contribution < 1.29 is 9.32 Å². The highest BCUT2D eigenvalue weighted by molar-refractivity contribution is 6.74. The Morgan fingerprint density at radius 3 is 2.50 bits per heavy atom. The molecule has 0 unspecified atom stereocenters. The summed E-state index contributed by atoms with van der Waals surface area (Å²) in [6, 6.07) is 5.98. The van der Waals surface area contributed by atoms with E-state index in [0.29, 0.717) is 12.1 Å². The fraction of sp³-hybridized carbons (Fsp3) is 0.500. The molecule has 0 fully saturated rings. The van der Waals surface area contributed by atoms with Gasteiger partial charge in [-0.1, -0.05) is 38.5 Å². The average molecular weight is 289 g/mol. The molecule has 1 aromatic carbocycles. The Hall–Kier alpha value is -1.42. The molecule has 0 bridgehead atoms. The number of nitrogens with zero attached hydrogens (tertiary/aromatic N) is 1. The summed E-state index contributed by atoms with van der Waals surface area (Å²) in [7, 11) is -1.96. The van der Waals surface area contributed by atoms with Crippen LogP contribution in [0.15, 0.2) is 23.4 Å². The van der Waals surface area contributed by atoms with E-state index in [1.165, 1.54) is 0 Å². The molecule has 108 valence electrons. The van der Waals surface area contributed by atoms with Crippen molar-refractivity contribution in [3.8, 4) is 0 Å². The Kier molecular flexibility index (Phi) is 3.63. The summed E-state index contributed by atoms with van der Waals surface area (Å²) in [6.45, 7) is 12.7. The summed E-state index contributed by atoms with van der Waals surface area (Å²) in [6.07, 6.45) is 0.586. The summed E-state index contributed by atoms with van der Waals surface area (Å²) in [4.78, 5) is 12.3. The van der Waals surface area contributed by atoms with Gasteiger partial charge in [0, 0.05) is 12.0 Å². The van der Waals surface area contributed by atoms with E-state index in [1.54, 1.807) is 0 Å². The van der Waals surface area contributed by atoms with Gasteiger partial charge in [-0.05, 0) is 36.7 Å². The summed E-state index contributed by atoms with van der Waals surface area (Å²) in [5.74, 6) is 0.0161. The molecule has 0 radical (unpaired) electrons. The number of oxime groups is 1. The van der Waals surface area contributed by atoms with Gasteiger partial charge in [0.05, 0.1) is 0 Å². The van der Waals surface area contributed by atoms with Crippen molar-refractivity contribution in [2.75, 3.05) is 0 Å². The Balaban J connectivity index is 2.22. The van der Waals surface area contributed by atoms with Gasteiger partial charge < -0.3 is 4.53 Å². The lowest BCUT2D eigenvalue weighted by atomic mass is 10.1. The first kappa shape index (κ1) is 15.0. The second-order valence-corrected chi connectivity index (χ2v) is 11.8. The van der Waals surface area contributed by atoms with Crippen molar-refractivity contribution in [2.45, 2.75) is 52.2 Å². The normalized spacial score (nSPS) is 17.5. The first-order chi connectivity index (χ1) is 9.12. The minimum atomic E-state index is -1.96. The quantitative estimate of drug-likeness (QED) is 0.607. The van der Waals surface area contributed by atoms with Gasteiger partial charge in [0.25, 0.3) is 8.32 Å². The van der Waals surface area contributed by atoms with Crippen LogP contribution in [0.3, 0.4) is 0 Å². The van der Waals surface area contributed by atoms with E-state index in [1.807, 2.05) is 25.1 Å². The lowest BCUT2D eigenvalue weighted by Crippen LogP contribution is -2.39. The molecule has 0 atom stereocenters. The second kappa shape index (κ2) is 4.84. The number of carbonyl (C=O) groups is 1. The maximum Gasteiger partial charge on any atom is 0.286 e. The van der Waals surface area contributed by atoms with E-state index in [0.717, 1.165) is 16.7 Å². The van der Waals surface area contributed by atoms with Gasteiger partial charge in [0.15, 0.2) is 0 Å². The molecule has 0 amide bonds. The molecule has 3 nitrogen and oxygen atoms in total. The van der Waals surface area contributed by atoms with E-state index in [-0.39, 0.29) is 10.8 Å². The molecular formula is C16H23NO2Si. The molecule has 20 heavy (non-hydrogen) atoms. The number of hydrogen-bond donors (Lipinski definition) is 0. The maximum atomic E-state index is 12.3. The number of aryl methyl sites for hydroxylation is 1. The highest BCUT2D eigenvalue weighted by Gasteiger charge is 2.40. The summed E-state index contributed by atoms with van der Waals surface area (Å²) in [5.41, 5.74) is 3.47. The van der Waals surface area contributed by atoms with E-state index >= 15 is 0 Å². The molecule has 1 aromatic rings. The summed E-state index contributed by atoms with van der Waals surface area (Å²) >= 11 is 0. The second-order valence-electron chi connectivity index (χ2n) is 7.06. The van der Waals surface area contributed by atoms with Gasteiger partial charge >= 0.3 is 0 Å².